The topological polar surface area (TPSA) is 90.1 Å². The van der Waals surface area contributed by atoms with Gasteiger partial charge in [-0.25, -0.2) is 4.98 Å². The zero-order valence-corrected chi connectivity index (χ0v) is 21.6. The van der Waals surface area contributed by atoms with Crippen molar-refractivity contribution in [3.8, 4) is 11.3 Å². The maximum Gasteiger partial charge on any atom is 0.223 e. The van der Waals surface area contributed by atoms with Crippen molar-refractivity contribution in [1.82, 2.24) is 25.5 Å². The van der Waals surface area contributed by atoms with Gasteiger partial charge in [-0.3, -0.25) is 9.59 Å². The molecule has 7 nitrogen and oxygen atoms in total. The number of piperidine rings is 1. The van der Waals surface area contributed by atoms with E-state index >= 15 is 0 Å². The number of rotatable bonds is 11. The smallest absolute Gasteiger partial charge is 0.223 e. The Bertz CT molecular complexity index is 1150. The molecule has 1 atom stereocenters. The summed E-state index contributed by atoms with van der Waals surface area (Å²) in [5.74, 6) is 1.36. The highest BCUT2D eigenvalue weighted by atomic mass is 16.2. The van der Waals surface area contributed by atoms with Gasteiger partial charge in [0.15, 0.2) is 0 Å². The lowest BCUT2D eigenvalue weighted by Gasteiger charge is -2.28. The number of hydrogen-bond acceptors (Lipinski definition) is 4. The lowest BCUT2D eigenvalue weighted by Crippen LogP contribution is -2.40. The molecule has 2 heterocycles. The van der Waals surface area contributed by atoms with Gasteiger partial charge < -0.3 is 20.5 Å². The van der Waals surface area contributed by atoms with E-state index in [0.717, 1.165) is 68.7 Å². The zero-order chi connectivity index (χ0) is 25.3. The molecule has 0 spiro atoms. The second-order valence-corrected chi connectivity index (χ2v) is 10.0. The number of unbranched alkanes of at least 4 members (excludes halogenated alkanes) is 2. The highest BCUT2D eigenvalue weighted by molar-refractivity contribution is 5.86. The Labute approximate surface area is 214 Å². The number of imidazole rings is 1. The van der Waals surface area contributed by atoms with Crippen molar-refractivity contribution in [3.05, 3.63) is 54.5 Å². The van der Waals surface area contributed by atoms with Gasteiger partial charge in [-0.05, 0) is 62.7 Å². The predicted molar refractivity (Wildman–Crippen MR) is 145 cm³/mol. The van der Waals surface area contributed by atoms with E-state index in [0.29, 0.717) is 13.0 Å². The average Bonchev–Trinajstić information content (AvgIpc) is 3.40. The Hall–Kier alpha value is -3.19. The average molecular weight is 490 g/mol. The largest absolute Gasteiger partial charge is 0.359 e. The minimum Gasteiger partial charge on any atom is -0.359 e. The van der Waals surface area contributed by atoms with E-state index in [9.17, 15) is 9.59 Å². The molecule has 1 aliphatic rings. The number of H-pyrrole nitrogens is 1. The van der Waals surface area contributed by atoms with Crippen LogP contribution < -0.4 is 10.6 Å². The summed E-state index contributed by atoms with van der Waals surface area (Å²) in [4.78, 5) is 34.9. The molecule has 2 amide bonds. The number of nitrogens with one attached hydrogen (secondary N) is 3. The molecule has 3 aromatic rings. The van der Waals surface area contributed by atoms with Crippen molar-refractivity contribution in [2.45, 2.75) is 50.9 Å². The summed E-state index contributed by atoms with van der Waals surface area (Å²) in [7, 11) is 3.79. The Kier molecular flexibility index (Phi) is 9.11. The standard InChI is InChI=1S/C29H39N5O2/c1-30-27(35)11-5-3-4-10-25(19-32-29(36)22-14-16-34(2)17-15-22)28-31-20-26(33-28)24-13-12-21-8-6-7-9-23(21)18-24/h6-9,12-13,18,20,22,25H,3-5,10-11,14-17,19H2,1-2H3,(H,30,35)(H,31,33)(H,32,36). The van der Waals surface area contributed by atoms with Crippen molar-refractivity contribution < 1.29 is 9.59 Å². The molecule has 1 fully saturated rings. The number of benzene rings is 2. The predicted octanol–water partition coefficient (Wildman–Crippen LogP) is 4.47. The number of carbonyl (C=O) groups excluding carboxylic acids is 2. The molecule has 0 aliphatic carbocycles. The lowest BCUT2D eigenvalue weighted by molar-refractivity contribution is -0.126. The van der Waals surface area contributed by atoms with E-state index in [1.54, 1.807) is 7.05 Å². The summed E-state index contributed by atoms with van der Waals surface area (Å²) in [6, 6.07) is 14.8. The summed E-state index contributed by atoms with van der Waals surface area (Å²) in [6.45, 7) is 2.52. The third kappa shape index (κ3) is 6.94. The van der Waals surface area contributed by atoms with Gasteiger partial charge in [0, 0.05) is 37.4 Å². The van der Waals surface area contributed by atoms with E-state index in [1.807, 2.05) is 6.20 Å². The van der Waals surface area contributed by atoms with Gasteiger partial charge in [0.2, 0.25) is 11.8 Å². The summed E-state index contributed by atoms with van der Waals surface area (Å²) in [5, 5.41) is 8.32. The summed E-state index contributed by atoms with van der Waals surface area (Å²) in [6.07, 6.45) is 8.03. The van der Waals surface area contributed by atoms with Crippen LogP contribution in [0.25, 0.3) is 22.0 Å². The van der Waals surface area contributed by atoms with Crippen LogP contribution in [-0.4, -0.2) is 60.4 Å². The number of nitrogens with zero attached hydrogens (tertiary/aromatic N) is 2. The molecule has 4 rings (SSSR count). The number of aromatic amines is 1. The van der Waals surface area contributed by atoms with Crippen LogP contribution >= 0.6 is 0 Å². The van der Waals surface area contributed by atoms with Gasteiger partial charge in [0.05, 0.1) is 11.9 Å². The van der Waals surface area contributed by atoms with E-state index < -0.39 is 0 Å². The van der Waals surface area contributed by atoms with Crippen LogP contribution in [-0.2, 0) is 9.59 Å². The summed E-state index contributed by atoms with van der Waals surface area (Å²) >= 11 is 0. The molecule has 2 aromatic carbocycles. The first-order valence-electron chi connectivity index (χ1n) is 13.2. The Morgan fingerprint density at radius 3 is 2.64 bits per heavy atom. The van der Waals surface area contributed by atoms with Crippen molar-refractivity contribution >= 4 is 22.6 Å². The quantitative estimate of drug-likeness (QED) is 0.347. The van der Waals surface area contributed by atoms with Crippen LogP contribution in [0, 0.1) is 5.92 Å². The second-order valence-electron chi connectivity index (χ2n) is 10.0. The molecule has 36 heavy (non-hydrogen) atoms. The molecular weight excluding hydrogens is 450 g/mol. The molecule has 0 radical (unpaired) electrons. The molecule has 1 aromatic heterocycles. The van der Waals surface area contributed by atoms with E-state index in [4.69, 9.17) is 4.98 Å². The van der Waals surface area contributed by atoms with Gasteiger partial charge in [-0.2, -0.15) is 0 Å². The molecule has 1 aliphatic heterocycles. The summed E-state index contributed by atoms with van der Waals surface area (Å²) < 4.78 is 0. The highest BCUT2D eigenvalue weighted by Gasteiger charge is 2.24. The first-order valence-corrected chi connectivity index (χ1v) is 13.2. The van der Waals surface area contributed by atoms with E-state index in [1.165, 1.54) is 10.8 Å². The van der Waals surface area contributed by atoms with Crippen molar-refractivity contribution in [2.75, 3.05) is 33.7 Å². The van der Waals surface area contributed by atoms with Gasteiger partial charge in [-0.15, -0.1) is 0 Å². The van der Waals surface area contributed by atoms with Gasteiger partial charge >= 0.3 is 0 Å². The van der Waals surface area contributed by atoms with Crippen LogP contribution in [0.1, 0.15) is 56.7 Å². The molecular formula is C29H39N5O2. The number of aromatic nitrogens is 2. The fourth-order valence-corrected chi connectivity index (χ4v) is 5.00. The Morgan fingerprint density at radius 1 is 1.08 bits per heavy atom. The first-order chi connectivity index (χ1) is 17.5. The lowest BCUT2D eigenvalue weighted by atomic mass is 9.95. The van der Waals surface area contributed by atoms with Crippen LogP contribution in [0.2, 0.25) is 0 Å². The van der Waals surface area contributed by atoms with Gasteiger partial charge in [0.25, 0.3) is 0 Å². The van der Waals surface area contributed by atoms with Crippen LogP contribution in [0.3, 0.4) is 0 Å². The number of amides is 2. The molecule has 0 saturated carbocycles. The maximum absolute atomic E-state index is 12.9. The Balaban J connectivity index is 1.41. The first kappa shape index (κ1) is 25.9. The summed E-state index contributed by atoms with van der Waals surface area (Å²) in [5.41, 5.74) is 2.09. The van der Waals surface area contributed by atoms with Crippen LogP contribution in [0.5, 0.6) is 0 Å². The minimum absolute atomic E-state index is 0.0861. The number of hydrogen-bond donors (Lipinski definition) is 3. The second kappa shape index (κ2) is 12.7. The maximum atomic E-state index is 12.9. The number of carbonyl (C=O) groups is 2. The highest BCUT2D eigenvalue weighted by Crippen LogP contribution is 2.27. The van der Waals surface area contributed by atoms with Crippen LogP contribution in [0.4, 0.5) is 0 Å². The third-order valence-corrected chi connectivity index (χ3v) is 7.39. The minimum atomic E-state index is 0.0861. The number of likely N-dealkylation sites (tertiary alicyclic amines) is 1. The SMILES string of the molecule is CNC(=O)CCCCCC(CNC(=O)C1CCN(C)CC1)c1ncc(-c2ccc3ccccc3c2)[nH]1. The van der Waals surface area contributed by atoms with E-state index in [-0.39, 0.29) is 23.7 Å². The molecule has 1 unspecified atom stereocenters. The van der Waals surface area contributed by atoms with Crippen molar-refractivity contribution in [3.63, 3.8) is 0 Å². The molecule has 7 heteroatoms. The molecule has 3 N–H and O–H groups in total. The monoisotopic (exact) mass is 489 g/mol. The van der Waals surface area contributed by atoms with Crippen molar-refractivity contribution in [1.29, 1.82) is 0 Å². The molecule has 0 bridgehead atoms. The third-order valence-electron chi connectivity index (χ3n) is 7.39. The van der Waals surface area contributed by atoms with Crippen LogP contribution in [0.15, 0.2) is 48.7 Å². The normalized spacial score (nSPS) is 15.6. The molecule has 192 valence electrons. The molecule has 1 saturated heterocycles. The zero-order valence-electron chi connectivity index (χ0n) is 21.6. The van der Waals surface area contributed by atoms with Gasteiger partial charge in [0.1, 0.15) is 5.82 Å². The number of fused-ring (bicyclic) bond motifs is 1. The van der Waals surface area contributed by atoms with Crippen molar-refractivity contribution in [2.24, 2.45) is 5.92 Å². The van der Waals surface area contributed by atoms with E-state index in [2.05, 4.69) is 70.0 Å². The fourth-order valence-electron chi connectivity index (χ4n) is 5.00. The fraction of sp³-hybridized carbons (Fsp3) is 0.483. The Morgan fingerprint density at radius 2 is 1.86 bits per heavy atom. The van der Waals surface area contributed by atoms with Gasteiger partial charge in [-0.1, -0.05) is 49.2 Å².